The number of carbonyl (C=O) groups is 1. The molecule has 0 bridgehead atoms. The number of hydrogen-bond acceptors (Lipinski definition) is 6. The summed E-state index contributed by atoms with van der Waals surface area (Å²) in [6.07, 6.45) is 3.40. The number of piperidine rings is 1. The van der Waals surface area contributed by atoms with Gasteiger partial charge in [-0.1, -0.05) is 0 Å². The van der Waals surface area contributed by atoms with Crippen molar-refractivity contribution in [1.82, 2.24) is 25.4 Å². The van der Waals surface area contributed by atoms with Gasteiger partial charge in [0.25, 0.3) is 11.5 Å². The number of thiazole rings is 1. The van der Waals surface area contributed by atoms with Crippen LogP contribution in [0.2, 0.25) is 0 Å². The van der Waals surface area contributed by atoms with Gasteiger partial charge in [-0.3, -0.25) is 9.59 Å². The number of rotatable bonds is 5. The third-order valence-corrected chi connectivity index (χ3v) is 6.35. The van der Waals surface area contributed by atoms with Gasteiger partial charge >= 0.3 is 0 Å². The minimum Gasteiger partial charge on any atom is -0.351 e. The number of carbonyl (C=O) groups excluding carboxylic acids is 1. The topological polar surface area (TPSA) is 88.9 Å². The number of nitrogens with one attached hydrogen (secondary N) is 2. The van der Waals surface area contributed by atoms with Gasteiger partial charge in [0.2, 0.25) is 0 Å². The molecule has 0 aromatic carbocycles. The molecule has 1 aliphatic heterocycles. The minimum atomic E-state index is -0.191. The summed E-state index contributed by atoms with van der Waals surface area (Å²) in [5.41, 5.74) is 2.59. The van der Waals surface area contributed by atoms with Crippen LogP contribution in [0.5, 0.6) is 0 Å². The molecule has 0 aliphatic carbocycles. The molecule has 2 N–H and O–H groups in total. The Kier molecular flexibility index (Phi) is 6.06. The largest absolute Gasteiger partial charge is 0.351 e. The highest BCUT2D eigenvalue weighted by Crippen LogP contribution is 2.28. The quantitative estimate of drug-likeness (QED) is 0.816. The van der Waals surface area contributed by atoms with Gasteiger partial charge in [0.1, 0.15) is 9.88 Å². The Hall–Kier alpha value is -2.06. The predicted molar refractivity (Wildman–Crippen MR) is 107 cm³/mol. The van der Waals surface area contributed by atoms with Gasteiger partial charge in [-0.2, -0.15) is 5.10 Å². The fourth-order valence-electron chi connectivity index (χ4n) is 3.45. The van der Waals surface area contributed by atoms with Gasteiger partial charge in [0, 0.05) is 13.6 Å². The van der Waals surface area contributed by atoms with Crippen LogP contribution in [0.4, 0.5) is 0 Å². The third kappa shape index (κ3) is 4.27. The van der Waals surface area contributed by atoms with E-state index in [-0.39, 0.29) is 11.5 Å². The summed E-state index contributed by atoms with van der Waals surface area (Å²) in [5.74, 6) is 0.517. The molecule has 3 rings (SSSR count). The van der Waals surface area contributed by atoms with E-state index in [9.17, 15) is 9.59 Å². The molecule has 1 amide bonds. The van der Waals surface area contributed by atoms with E-state index in [4.69, 9.17) is 0 Å². The van der Waals surface area contributed by atoms with Gasteiger partial charge in [-0.05, 0) is 64.6 Å². The summed E-state index contributed by atoms with van der Waals surface area (Å²) >= 11 is 1.28. The molecule has 7 nitrogen and oxygen atoms in total. The molecule has 2 aromatic heterocycles. The lowest BCUT2D eigenvalue weighted by Crippen LogP contribution is -2.33. The Balaban J connectivity index is 1.75. The first-order valence-corrected chi connectivity index (χ1v) is 10.2. The van der Waals surface area contributed by atoms with Gasteiger partial charge in [0.15, 0.2) is 0 Å². The number of amides is 1. The molecule has 0 spiro atoms. The van der Waals surface area contributed by atoms with Crippen molar-refractivity contribution in [1.29, 1.82) is 0 Å². The minimum absolute atomic E-state index is 0.111. The lowest BCUT2D eigenvalue weighted by molar-refractivity contribution is 0.0954. The van der Waals surface area contributed by atoms with E-state index in [0.717, 1.165) is 30.8 Å². The molecule has 146 valence electrons. The van der Waals surface area contributed by atoms with Crippen LogP contribution in [-0.2, 0) is 7.05 Å². The normalized spacial score (nSPS) is 17.1. The zero-order valence-corrected chi connectivity index (χ0v) is 17.2. The molecular formula is C19H27N5O2S. The van der Waals surface area contributed by atoms with Gasteiger partial charge < -0.3 is 10.6 Å². The maximum atomic E-state index is 12.6. The van der Waals surface area contributed by atoms with Crippen LogP contribution >= 0.6 is 11.3 Å². The number of nitrogens with zero attached hydrogens (tertiary/aromatic N) is 3. The Morgan fingerprint density at radius 3 is 2.81 bits per heavy atom. The van der Waals surface area contributed by atoms with Crippen molar-refractivity contribution in [3.8, 4) is 10.6 Å². The number of aromatic nitrogens is 3. The summed E-state index contributed by atoms with van der Waals surface area (Å²) in [4.78, 5) is 30.2. The maximum absolute atomic E-state index is 12.6. The highest BCUT2D eigenvalue weighted by molar-refractivity contribution is 7.17. The van der Waals surface area contributed by atoms with Crippen molar-refractivity contribution in [2.45, 2.75) is 40.0 Å². The van der Waals surface area contributed by atoms with Gasteiger partial charge in [0.05, 0.1) is 17.0 Å². The number of aryl methyl sites for hydroxylation is 3. The van der Waals surface area contributed by atoms with E-state index < -0.39 is 0 Å². The van der Waals surface area contributed by atoms with E-state index in [0.29, 0.717) is 33.6 Å². The molecule has 1 unspecified atom stereocenters. The Labute approximate surface area is 163 Å². The summed E-state index contributed by atoms with van der Waals surface area (Å²) in [5, 5.41) is 11.2. The summed E-state index contributed by atoms with van der Waals surface area (Å²) in [6, 6.07) is 0. The SMILES string of the molecule is Cc1nc(-c2c(C)c(C)nn(C)c2=O)sc1C(=O)NCCC1CCCNC1. The average Bonchev–Trinajstić information content (AvgIpc) is 3.02. The summed E-state index contributed by atoms with van der Waals surface area (Å²) in [6.45, 7) is 8.34. The van der Waals surface area contributed by atoms with Gasteiger partial charge in [-0.15, -0.1) is 11.3 Å². The molecule has 0 radical (unpaired) electrons. The van der Waals surface area contributed by atoms with E-state index in [1.165, 1.54) is 28.9 Å². The van der Waals surface area contributed by atoms with Crippen molar-refractivity contribution in [2.75, 3.05) is 19.6 Å². The van der Waals surface area contributed by atoms with Crippen molar-refractivity contribution in [3.05, 3.63) is 32.2 Å². The Morgan fingerprint density at radius 1 is 1.33 bits per heavy atom. The lowest BCUT2D eigenvalue weighted by Gasteiger charge is -2.22. The highest BCUT2D eigenvalue weighted by Gasteiger charge is 2.21. The fraction of sp³-hybridized carbons (Fsp3) is 0.579. The monoisotopic (exact) mass is 389 g/mol. The highest BCUT2D eigenvalue weighted by atomic mass is 32.1. The van der Waals surface area contributed by atoms with Crippen LogP contribution < -0.4 is 16.2 Å². The zero-order valence-electron chi connectivity index (χ0n) is 16.4. The molecule has 3 heterocycles. The molecule has 27 heavy (non-hydrogen) atoms. The standard InChI is InChI=1S/C19H27N5O2S/c1-11-12(2)23-24(4)19(26)15(11)18-22-13(3)16(27-18)17(25)21-9-7-14-6-5-8-20-10-14/h14,20H,5-10H2,1-4H3,(H,21,25). The van der Waals surface area contributed by atoms with E-state index in [1.807, 2.05) is 20.8 Å². The van der Waals surface area contributed by atoms with Crippen LogP contribution in [0.15, 0.2) is 4.79 Å². The second kappa shape index (κ2) is 8.31. The second-order valence-corrected chi connectivity index (χ2v) is 8.20. The molecule has 1 atom stereocenters. The third-order valence-electron chi connectivity index (χ3n) is 5.18. The molecule has 1 saturated heterocycles. The molecule has 1 aliphatic rings. The van der Waals surface area contributed by atoms with Crippen molar-refractivity contribution < 1.29 is 4.79 Å². The zero-order chi connectivity index (χ0) is 19.6. The van der Waals surface area contributed by atoms with Crippen molar-refractivity contribution >= 4 is 17.2 Å². The Bertz CT molecular complexity index is 896. The first-order chi connectivity index (χ1) is 12.9. The first-order valence-electron chi connectivity index (χ1n) is 9.39. The second-order valence-electron chi connectivity index (χ2n) is 7.20. The van der Waals surface area contributed by atoms with Crippen LogP contribution in [0, 0.1) is 26.7 Å². The predicted octanol–water partition coefficient (Wildman–Crippen LogP) is 1.95. The summed E-state index contributed by atoms with van der Waals surface area (Å²) < 4.78 is 1.33. The van der Waals surface area contributed by atoms with E-state index in [2.05, 4.69) is 20.7 Å². The van der Waals surface area contributed by atoms with Crippen LogP contribution in [0.1, 0.15) is 45.9 Å². The van der Waals surface area contributed by atoms with Crippen LogP contribution in [-0.4, -0.2) is 40.3 Å². The van der Waals surface area contributed by atoms with Crippen LogP contribution in [0.25, 0.3) is 10.6 Å². The Morgan fingerprint density at radius 2 is 2.11 bits per heavy atom. The molecule has 0 saturated carbocycles. The smallest absolute Gasteiger partial charge is 0.277 e. The molecular weight excluding hydrogens is 362 g/mol. The van der Waals surface area contributed by atoms with Gasteiger partial charge in [-0.25, -0.2) is 9.67 Å². The van der Waals surface area contributed by atoms with E-state index in [1.54, 1.807) is 7.05 Å². The first kappa shape index (κ1) is 19.7. The maximum Gasteiger partial charge on any atom is 0.277 e. The molecule has 2 aromatic rings. The van der Waals surface area contributed by atoms with Crippen molar-refractivity contribution in [3.63, 3.8) is 0 Å². The van der Waals surface area contributed by atoms with Crippen LogP contribution in [0.3, 0.4) is 0 Å². The van der Waals surface area contributed by atoms with Crippen molar-refractivity contribution in [2.24, 2.45) is 13.0 Å². The average molecular weight is 390 g/mol. The number of hydrogen-bond donors (Lipinski definition) is 2. The molecule has 8 heteroatoms. The lowest BCUT2D eigenvalue weighted by atomic mass is 9.96. The molecule has 1 fully saturated rings. The van der Waals surface area contributed by atoms with E-state index >= 15 is 0 Å². The summed E-state index contributed by atoms with van der Waals surface area (Å²) in [7, 11) is 1.63. The fourth-order valence-corrected chi connectivity index (χ4v) is 4.53.